The Balaban J connectivity index is 1.30. The van der Waals surface area contributed by atoms with E-state index in [4.69, 9.17) is 0 Å². The molecule has 3 N–H and O–H groups in total. The van der Waals surface area contributed by atoms with E-state index in [2.05, 4.69) is 30.8 Å². The third kappa shape index (κ3) is 5.99. The van der Waals surface area contributed by atoms with Crippen molar-refractivity contribution >= 4 is 33.9 Å². The summed E-state index contributed by atoms with van der Waals surface area (Å²) in [5.74, 6) is 0.123. The largest absolute Gasteiger partial charge is 0.378 e. The smallest absolute Gasteiger partial charge is 0.251 e. The lowest BCUT2D eigenvalue weighted by Crippen LogP contribution is -2.33. The van der Waals surface area contributed by atoms with Crippen LogP contribution in [-0.2, 0) is 6.54 Å². The topological polar surface area (TPSA) is 82.2 Å². The summed E-state index contributed by atoms with van der Waals surface area (Å²) in [5, 5.41) is 9.83. The zero-order valence-electron chi connectivity index (χ0n) is 17.1. The predicted molar refractivity (Wildman–Crippen MR) is 121 cm³/mol. The molecule has 1 fully saturated rings. The lowest BCUT2D eigenvalue weighted by Gasteiger charge is -2.15. The zero-order valence-corrected chi connectivity index (χ0v) is 17.9. The van der Waals surface area contributed by atoms with Crippen molar-refractivity contribution in [2.75, 3.05) is 36.8 Å². The van der Waals surface area contributed by atoms with E-state index in [9.17, 15) is 9.18 Å². The number of halogens is 1. The summed E-state index contributed by atoms with van der Waals surface area (Å²) >= 11 is 1.46. The van der Waals surface area contributed by atoms with Crippen molar-refractivity contribution in [3.8, 4) is 0 Å². The molecule has 3 heterocycles. The van der Waals surface area contributed by atoms with Gasteiger partial charge in [-0.05, 0) is 56.3 Å². The molecule has 7 nitrogen and oxygen atoms in total. The Labute approximate surface area is 184 Å². The van der Waals surface area contributed by atoms with Gasteiger partial charge in [-0.2, -0.15) is 0 Å². The molecule has 162 valence electrons. The number of amides is 1. The summed E-state index contributed by atoms with van der Waals surface area (Å²) in [6.45, 7) is 4.02. The van der Waals surface area contributed by atoms with E-state index in [-0.39, 0.29) is 5.91 Å². The van der Waals surface area contributed by atoms with Crippen LogP contribution in [-0.4, -0.2) is 47.0 Å². The number of nitrogens with zero attached hydrogens (tertiary/aromatic N) is 3. The summed E-state index contributed by atoms with van der Waals surface area (Å²) < 4.78 is 14.3. The molecule has 1 aromatic carbocycles. The van der Waals surface area contributed by atoms with Crippen molar-refractivity contribution < 1.29 is 9.18 Å². The second kappa shape index (κ2) is 10.3. The number of aromatic nitrogens is 2. The Morgan fingerprint density at radius 1 is 1.16 bits per heavy atom. The lowest BCUT2D eigenvalue weighted by molar-refractivity contribution is 0.0949. The molecule has 0 atom stereocenters. The maximum Gasteiger partial charge on any atom is 0.251 e. The highest BCUT2D eigenvalue weighted by Crippen LogP contribution is 2.23. The maximum absolute atomic E-state index is 14.3. The first-order valence-corrected chi connectivity index (χ1v) is 11.2. The summed E-state index contributed by atoms with van der Waals surface area (Å²) in [6.07, 6.45) is 5.88. The van der Waals surface area contributed by atoms with E-state index in [0.717, 1.165) is 24.5 Å². The van der Waals surface area contributed by atoms with Crippen LogP contribution in [0.1, 0.15) is 28.1 Å². The minimum Gasteiger partial charge on any atom is -0.378 e. The maximum atomic E-state index is 14.3. The average molecular weight is 441 g/mol. The number of nitrogens with one attached hydrogen (secondary N) is 3. The van der Waals surface area contributed by atoms with Crippen LogP contribution in [0.3, 0.4) is 0 Å². The van der Waals surface area contributed by atoms with Gasteiger partial charge in [0.1, 0.15) is 11.6 Å². The van der Waals surface area contributed by atoms with Gasteiger partial charge in [-0.3, -0.25) is 4.79 Å². The number of likely N-dealkylation sites (tertiary alicyclic amines) is 1. The van der Waals surface area contributed by atoms with E-state index in [1.807, 2.05) is 18.2 Å². The molecule has 1 aliphatic rings. The van der Waals surface area contributed by atoms with Crippen LogP contribution in [0.15, 0.2) is 48.8 Å². The van der Waals surface area contributed by atoms with E-state index >= 15 is 0 Å². The molecule has 0 spiro atoms. The molecular formula is C22H25FN6OS. The van der Waals surface area contributed by atoms with Crippen molar-refractivity contribution in [2.45, 2.75) is 19.4 Å². The Morgan fingerprint density at radius 3 is 2.84 bits per heavy atom. The number of hydrogen-bond acceptors (Lipinski definition) is 7. The number of anilines is 3. The van der Waals surface area contributed by atoms with Gasteiger partial charge in [0.15, 0.2) is 5.13 Å². The Morgan fingerprint density at radius 2 is 2.03 bits per heavy atom. The first-order valence-electron chi connectivity index (χ1n) is 10.3. The molecule has 0 aliphatic carbocycles. The molecule has 0 saturated carbocycles. The van der Waals surface area contributed by atoms with Gasteiger partial charge in [0.2, 0.25) is 0 Å². The van der Waals surface area contributed by atoms with Crippen LogP contribution in [0.5, 0.6) is 0 Å². The van der Waals surface area contributed by atoms with Gasteiger partial charge in [-0.25, -0.2) is 14.4 Å². The molecule has 1 aliphatic heterocycles. The first kappa shape index (κ1) is 21.2. The summed E-state index contributed by atoms with van der Waals surface area (Å²) in [7, 11) is 0. The number of thiazole rings is 1. The van der Waals surface area contributed by atoms with Crippen LogP contribution < -0.4 is 16.0 Å². The molecule has 0 unspecified atom stereocenters. The molecule has 1 amide bonds. The fourth-order valence-electron chi connectivity index (χ4n) is 3.41. The molecule has 4 rings (SSSR count). The third-order valence-corrected chi connectivity index (χ3v) is 5.96. The lowest BCUT2D eigenvalue weighted by atomic mass is 10.1. The molecular weight excluding hydrogens is 415 g/mol. The van der Waals surface area contributed by atoms with E-state index in [1.54, 1.807) is 18.5 Å². The number of carbonyl (C=O) groups is 1. The van der Waals surface area contributed by atoms with Crippen molar-refractivity contribution in [3.05, 3.63) is 65.0 Å². The highest BCUT2D eigenvalue weighted by molar-refractivity contribution is 7.15. The van der Waals surface area contributed by atoms with Crippen LogP contribution in [0, 0.1) is 5.82 Å². The minimum atomic E-state index is -0.398. The van der Waals surface area contributed by atoms with Gasteiger partial charge in [-0.15, -0.1) is 0 Å². The Kier molecular flexibility index (Phi) is 7.06. The quantitative estimate of drug-likeness (QED) is 0.469. The van der Waals surface area contributed by atoms with Crippen LogP contribution in [0.4, 0.5) is 21.0 Å². The van der Waals surface area contributed by atoms with E-state index in [1.165, 1.54) is 36.3 Å². The fourth-order valence-corrected chi connectivity index (χ4v) is 4.17. The van der Waals surface area contributed by atoms with Crippen LogP contribution in [0.25, 0.3) is 0 Å². The second-order valence-corrected chi connectivity index (χ2v) is 8.44. The van der Waals surface area contributed by atoms with Crippen molar-refractivity contribution in [2.24, 2.45) is 0 Å². The van der Waals surface area contributed by atoms with Gasteiger partial charge in [0.25, 0.3) is 5.91 Å². The third-order valence-electron chi connectivity index (χ3n) is 5.05. The van der Waals surface area contributed by atoms with Gasteiger partial charge < -0.3 is 20.9 Å². The number of pyridine rings is 1. The molecule has 3 aromatic rings. The highest BCUT2D eigenvalue weighted by atomic mass is 32.1. The predicted octanol–water partition coefficient (Wildman–Crippen LogP) is 3.86. The number of benzene rings is 1. The van der Waals surface area contributed by atoms with Gasteiger partial charge in [0, 0.05) is 35.9 Å². The van der Waals surface area contributed by atoms with Gasteiger partial charge in [0.05, 0.1) is 12.2 Å². The SMILES string of the molecule is O=C(NCCN1CCCC1)c1ccc(F)c(NCc2cnc(Nc3ccccn3)s2)c1. The summed E-state index contributed by atoms with van der Waals surface area (Å²) in [5.41, 5.74) is 0.729. The van der Waals surface area contributed by atoms with Crippen molar-refractivity contribution in [1.29, 1.82) is 0 Å². The van der Waals surface area contributed by atoms with Gasteiger partial charge >= 0.3 is 0 Å². The normalized spacial score (nSPS) is 13.8. The number of rotatable bonds is 9. The first-order chi connectivity index (χ1) is 15.2. The number of carbonyl (C=O) groups excluding carboxylic acids is 1. The second-order valence-electron chi connectivity index (χ2n) is 7.32. The Hall–Kier alpha value is -3.04. The van der Waals surface area contributed by atoms with Crippen LogP contribution >= 0.6 is 11.3 Å². The van der Waals surface area contributed by atoms with E-state index < -0.39 is 5.82 Å². The van der Waals surface area contributed by atoms with Crippen molar-refractivity contribution in [1.82, 2.24) is 20.2 Å². The Bertz CT molecular complexity index is 1010. The van der Waals surface area contributed by atoms with Gasteiger partial charge in [-0.1, -0.05) is 17.4 Å². The molecule has 31 heavy (non-hydrogen) atoms. The molecule has 0 radical (unpaired) electrons. The number of hydrogen-bond donors (Lipinski definition) is 3. The highest BCUT2D eigenvalue weighted by Gasteiger charge is 2.13. The standard InChI is InChI=1S/C22H25FN6OS/c23-18-7-6-16(21(30)25-9-12-29-10-3-4-11-29)13-19(18)26-14-17-15-27-22(31-17)28-20-5-1-2-8-24-20/h1-2,5-8,13,15,26H,3-4,9-12,14H2,(H,25,30)(H,24,27,28). The zero-order chi connectivity index (χ0) is 21.5. The molecule has 2 aromatic heterocycles. The minimum absolute atomic E-state index is 0.193. The summed E-state index contributed by atoms with van der Waals surface area (Å²) in [6, 6.07) is 9.97. The monoisotopic (exact) mass is 440 g/mol. The average Bonchev–Trinajstić information content (AvgIpc) is 3.46. The fraction of sp³-hybridized carbons (Fsp3) is 0.318. The van der Waals surface area contributed by atoms with Crippen LogP contribution in [0.2, 0.25) is 0 Å². The summed E-state index contributed by atoms with van der Waals surface area (Å²) in [4.78, 5) is 24.2. The van der Waals surface area contributed by atoms with E-state index in [0.29, 0.717) is 35.3 Å². The van der Waals surface area contributed by atoms with Crippen molar-refractivity contribution in [3.63, 3.8) is 0 Å². The molecule has 1 saturated heterocycles. The molecule has 9 heteroatoms. The molecule has 0 bridgehead atoms.